The molecule has 7 heteroatoms. The molecule has 0 bridgehead atoms. The number of hydrogen-bond donors (Lipinski definition) is 1. The summed E-state index contributed by atoms with van der Waals surface area (Å²) < 4.78 is 0. The number of hydrogen-bond acceptors (Lipinski definition) is 5. The summed E-state index contributed by atoms with van der Waals surface area (Å²) in [6.07, 6.45) is 11.6. The van der Waals surface area contributed by atoms with Gasteiger partial charge in [0.15, 0.2) is 5.82 Å². The summed E-state index contributed by atoms with van der Waals surface area (Å²) in [6.45, 7) is 1.51. The summed E-state index contributed by atoms with van der Waals surface area (Å²) >= 11 is 0. The van der Waals surface area contributed by atoms with Crippen molar-refractivity contribution in [2.45, 2.75) is 19.3 Å². The maximum Gasteiger partial charge on any atom is 0.255 e. The molecule has 4 heterocycles. The van der Waals surface area contributed by atoms with E-state index in [-0.39, 0.29) is 5.91 Å². The van der Waals surface area contributed by atoms with Crippen LogP contribution in [0, 0.1) is 5.92 Å². The van der Waals surface area contributed by atoms with Crippen molar-refractivity contribution < 1.29 is 4.79 Å². The lowest BCUT2D eigenvalue weighted by Gasteiger charge is -2.32. The van der Waals surface area contributed by atoms with Crippen molar-refractivity contribution in [3.05, 3.63) is 72.6 Å². The van der Waals surface area contributed by atoms with Crippen LogP contribution >= 0.6 is 0 Å². The van der Waals surface area contributed by atoms with E-state index < -0.39 is 0 Å². The molecule has 1 aliphatic rings. The summed E-state index contributed by atoms with van der Waals surface area (Å²) in [5.41, 5.74) is 3.23. The molecule has 1 saturated heterocycles. The Hall–Kier alpha value is -3.61. The van der Waals surface area contributed by atoms with Crippen molar-refractivity contribution in [1.82, 2.24) is 29.8 Å². The number of nitrogens with zero attached hydrogens (tertiary/aromatic N) is 5. The number of H-pyrrole nitrogens is 1. The van der Waals surface area contributed by atoms with Crippen molar-refractivity contribution in [3.63, 3.8) is 0 Å². The van der Waals surface area contributed by atoms with Gasteiger partial charge in [-0.05, 0) is 37.3 Å². The van der Waals surface area contributed by atoms with E-state index >= 15 is 0 Å². The lowest BCUT2D eigenvalue weighted by Crippen LogP contribution is -2.40. The topological polar surface area (TPSA) is 87.7 Å². The molecule has 0 spiro atoms. The van der Waals surface area contributed by atoms with Crippen molar-refractivity contribution in [2.24, 2.45) is 5.92 Å². The number of likely N-dealkylation sites (tertiary alicyclic amines) is 1. The minimum atomic E-state index is 0.0530. The van der Waals surface area contributed by atoms with E-state index in [1.165, 1.54) is 0 Å². The maximum absolute atomic E-state index is 13.1. The summed E-state index contributed by atoms with van der Waals surface area (Å²) in [4.78, 5) is 35.7. The molecule has 1 aliphatic heterocycles. The number of benzene rings is 1. The Bertz CT molecular complexity index is 1160. The van der Waals surface area contributed by atoms with Crippen molar-refractivity contribution >= 4 is 16.8 Å². The van der Waals surface area contributed by atoms with E-state index in [1.807, 2.05) is 41.4 Å². The Morgan fingerprint density at radius 2 is 2.03 bits per heavy atom. The van der Waals surface area contributed by atoms with Crippen LogP contribution in [0.3, 0.4) is 0 Å². The van der Waals surface area contributed by atoms with Crippen molar-refractivity contribution in [3.8, 4) is 11.5 Å². The number of pyridine rings is 1. The highest BCUT2D eigenvalue weighted by Crippen LogP contribution is 2.23. The molecule has 0 saturated carbocycles. The molecule has 1 amide bonds. The number of aromatic amines is 1. The second kappa shape index (κ2) is 8.02. The minimum absolute atomic E-state index is 0.0530. The molecule has 4 aromatic rings. The summed E-state index contributed by atoms with van der Waals surface area (Å²) in [6, 6.07) is 9.80. The molecule has 3 aromatic heterocycles. The van der Waals surface area contributed by atoms with Gasteiger partial charge in [0.2, 0.25) is 0 Å². The van der Waals surface area contributed by atoms with Crippen LogP contribution in [0.2, 0.25) is 0 Å². The third-order valence-electron chi connectivity index (χ3n) is 5.59. The van der Waals surface area contributed by atoms with E-state index in [0.29, 0.717) is 17.3 Å². The molecule has 30 heavy (non-hydrogen) atoms. The zero-order valence-electron chi connectivity index (χ0n) is 16.5. The zero-order valence-corrected chi connectivity index (χ0v) is 16.5. The predicted molar refractivity (Wildman–Crippen MR) is 114 cm³/mol. The Labute approximate surface area is 174 Å². The third-order valence-corrected chi connectivity index (χ3v) is 5.59. The van der Waals surface area contributed by atoms with Gasteiger partial charge in [-0.15, -0.1) is 0 Å². The first-order valence-corrected chi connectivity index (χ1v) is 10.2. The number of fused-ring (bicyclic) bond motifs is 1. The highest BCUT2D eigenvalue weighted by atomic mass is 16.2. The molecule has 1 N–H and O–H groups in total. The summed E-state index contributed by atoms with van der Waals surface area (Å²) in [7, 11) is 0. The molecule has 150 valence electrons. The van der Waals surface area contributed by atoms with E-state index in [2.05, 4.69) is 24.9 Å². The first kappa shape index (κ1) is 18.4. The van der Waals surface area contributed by atoms with Crippen molar-refractivity contribution in [2.75, 3.05) is 13.1 Å². The predicted octanol–water partition coefficient (Wildman–Crippen LogP) is 3.51. The highest BCUT2D eigenvalue weighted by Gasteiger charge is 2.25. The number of imidazole rings is 1. The van der Waals surface area contributed by atoms with Gasteiger partial charge in [-0.2, -0.15) is 0 Å². The standard InChI is InChI=1S/C23H22N6O/c30-23(18-11-17-5-1-2-6-20(17)27-12-18)29-9-3-4-16(15-29)10-19-13-28-21(14-26-19)22-24-7-8-25-22/h1-2,5-8,11-14,16H,3-4,9-10,15H2,(H,24,25). The minimum Gasteiger partial charge on any atom is -0.343 e. The fourth-order valence-corrected chi connectivity index (χ4v) is 4.07. The van der Waals surface area contributed by atoms with Gasteiger partial charge in [0.05, 0.1) is 23.0 Å². The van der Waals surface area contributed by atoms with Crippen LogP contribution in [0.4, 0.5) is 0 Å². The van der Waals surface area contributed by atoms with Crippen LogP contribution in [-0.4, -0.2) is 48.8 Å². The smallest absolute Gasteiger partial charge is 0.255 e. The summed E-state index contributed by atoms with van der Waals surface area (Å²) in [5, 5.41) is 0.990. The van der Waals surface area contributed by atoms with Crippen molar-refractivity contribution in [1.29, 1.82) is 0 Å². The number of para-hydroxylation sites is 1. The quantitative estimate of drug-likeness (QED) is 0.568. The Morgan fingerprint density at radius 3 is 2.87 bits per heavy atom. The van der Waals surface area contributed by atoms with Crippen LogP contribution in [-0.2, 0) is 6.42 Å². The van der Waals surface area contributed by atoms with Gasteiger partial charge in [-0.3, -0.25) is 14.8 Å². The molecule has 1 aromatic carbocycles. The molecule has 0 radical (unpaired) electrons. The molecule has 0 aliphatic carbocycles. The first-order valence-electron chi connectivity index (χ1n) is 10.2. The first-order chi connectivity index (χ1) is 14.8. The van der Waals surface area contributed by atoms with Crippen LogP contribution in [0.5, 0.6) is 0 Å². The van der Waals surface area contributed by atoms with Gasteiger partial charge in [-0.25, -0.2) is 9.97 Å². The Morgan fingerprint density at radius 1 is 1.10 bits per heavy atom. The molecule has 1 fully saturated rings. The van der Waals surface area contributed by atoms with Gasteiger partial charge in [0.25, 0.3) is 5.91 Å². The number of carbonyl (C=O) groups excluding carboxylic acids is 1. The van der Waals surface area contributed by atoms with Crippen LogP contribution in [0.25, 0.3) is 22.4 Å². The monoisotopic (exact) mass is 398 g/mol. The second-order valence-electron chi connectivity index (χ2n) is 7.71. The van der Waals surface area contributed by atoms with E-state index in [4.69, 9.17) is 0 Å². The lowest BCUT2D eigenvalue weighted by molar-refractivity contribution is 0.0672. The van der Waals surface area contributed by atoms with E-state index in [9.17, 15) is 4.79 Å². The third kappa shape index (κ3) is 3.78. The number of carbonyl (C=O) groups is 1. The Balaban J connectivity index is 1.26. The molecule has 5 rings (SSSR count). The normalized spacial score (nSPS) is 16.7. The van der Waals surface area contributed by atoms with Gasteiger partial charge in [0.1, 0.15) is 5.69 Å². The average Bonchev–Trinajstić information content (AvgIpc) is 3.34. The number of aromatic nitrogens is 5. The lowest BCUT2D eigenvalue weighted by atomic mass is 9.93. The average molecular weight is 398 g/mol. The molecule has 1 unspecified atom stereocenters. The van der Waals surface area contributed by atoms with Gasteiger partial charge in [-0.1, -0.05) is 18.2 Å². The SMILES string of the molecule is O=C(c1cnc2ccccc2c1)N1CCCC(Cc2cnc(-c3ncc[nH]3)cn2)C1. The van der Waals surface area contributed by atoms with Crippen LogP contribution in [0.15, 0.2) is 61.3 Å². The number of rotatable bonds is 4. The molecular formula is C23H22N6O. The zero-order chi connectivity index (χ0) is 20.3. The molecular weight excluding hydrogens is 376 g/mol. The second-order valence-corrected chi connectivity index (χ2v) is 7.71. The summed E-state index contributed by atoms with van der Waals surface area (Å²) in [5.74, 6) is 1.14. The van der Waals surface area contributed by atoms with Gasteiger partial charge in [0, 0.05) is 43.3 Å². The molecule has 7 nitrogen and oxygen atoms in total. The fraction of sp³-hybridized carbons (Fsp3) is 0.261. The maximum atomic E-state index is 13.1. The molecule has 1 atom stereocenters. The van der Waals surface area contributed by atoms with E-state index in [0.717, 1.165) is 54.6 Å². The van der Waals surface area contributed by atoms with Crippen LogP contribution < -0.4 is 0 Å². The number of amides is 1. The van der Waals surface area contributed by atoms with Crippen LogP contribution in [0.1, 0.15) is 28.9 Å². The Kier molecular flexibility index (Phi) is 4.93. The van der Waals surface area contributed by atoms with E-state index in [1.54, 1.807) is 24.8 Å². The van der Waals surface area contributed by atoms with Gasteiger partial charge < -0.3 is 9.88 Å². The van der Waals surface area contributed by atoms with Gasteiger partial charge >= 0.3 is 0 Å². The number of piperidine rings is 1. The fourth-order valence-electron chi connectivity index (χ4n) is 4.07. The highest BCUT2D eigenvalue weighted by molar-refractivity contribution is 5.97. The largest absolute Gasteiger partial charge is 0.343 e. The number of nitrogens with one attached hydrogen (secondary N) is 1.